The second-order valence-corrected chi connectivity index (χ2v) is 4.43. The summed E-state index contributed by atoms with van der Waals surface area (Å²) in [5.41, 5.74) is 2.46. The van der Waals surface area contributed by atoms with Crippen molar-refractivity contribution >= 4 is 11.7 Å². The predicted octanol–water partition coefficient (Wildman–Crippen LogP) is 1.80. The van der Waals surface area contributed by atoms with Crippen LogP contribution in [0.25, 0.3) is 0 Å². The smallest absolute Gasteiger partial charge is 0.302 e. The molecule has 0 amide bonds. The van der Waals surface area contributed by atoms with Crippen LogP contribution in [0.4, 0.5) is 5.69 Å². The molecule has 0 saturated heterocycles. The van der Waals surface area contributed by atoms with Gasteiger partial charge in [-0.15, -0.1) is 0 Å². The third-order valence-corrected chi connectivity index (χ3v) is 2.59. The van der Waals surface area contributed by atoms with Crippen molar-refractivity contribution in [2.45, 2.75) is 19.9 Å². The fourth-order valence-electron chi connectivity index (χ4n) is 1.56. The molecular formula is C14H22N2O2. The molecule has 1 aromatic rings. The zero-order valence-corrected chi connectivity index (χ0v) is 11.4. The van der Waals surface area contributed by atoms with E-state index in [9.17, 15) is 4.79 Å². The number of carbonyl (C=O) groups is 1. The van der Waals surface area contributed by atoms with Gasteiger partial charge in [-0.3, -0.25) is 4.79 Å². The van der Waals surface area contributed by atoms with Gasteiger partial charge < -0.3 is 15.0 Å². The van der Waals surface area contributed by atoms with Crippen LogP contribution in [0.3, 0.4) is 0 Å². The standard InChI is InChI=1S/C14H22N2O2/c1-12(17)18-10-4-9-15-11-13-5-7-14(8-6-13)16(2)3/h5-8,15H,4,9-11H2,1-3H3. The molecule has 1 aromatic carbocycles. The first-order chi connectivity index (χ1) is 8.59. The van der Waals surface area contributed by atoms with E-state index in [1.54, 1.807) is 0 Å². The zero-order chi connectivity index (χ0) is 13.4. The molecule has 0 radical (unpaired) electrons. The summed E-state index contributed by atoms with van der Waals surface area (Å²) in [5, 5.41) is 3.32. The summed E-state index contributed by atoms with van der Waals surface area (Å²) in [6.07, 6.45) is 0.843. The Labute approximate surface area is 109 Å². The van der Waals surface area contributed by atoms with Crippen molar-refractivity contribution in [3.63, 3.8) is 0 Å². The summed E-state index contributed by atoms with van der Waals surface area (Å²) in [6.45, 7) is 3.61. The highest BCUT2D eigenvalue weighted by molar-refractivity contribution is 5.65. The fourth-order valence-corrected chi connectivity index (χ4v) is 1.56. The minimum atomic E-state index is -0.214. The van der Waals surface area contributed by atoms with E-state index in [0.29, 0.717) is 6.61 Å². The molecule has 1 rings (SSSR count). The number of rotatable bonds is 7. The molecule has 0 heterocycles. The van der Waals surface area contributed by atoms with Crippen LogP contribution in [-0.4, -0.2) is 33.2 Å². The number of hydrogen-bond donors (Lipinski definition) is 1. The zero-order valence-electron chi connectivity index (χ0n) is 11.4. The number of nitrogens with zero attached hydrogens (tertiary/aromatic N) is 1. The van der Waals surface area contributed by atoms with Gasteiger partial charge >= 0.3 is 5.97 Å². The van der Waals surface area contributed by atoms with Crippen LogP contribution in [0.5, 0.6) is 0 Å². The lowest BCUT2D eigenvalue weighted by Crippen LogP contribution is -2.17. The monoisotopic (exact) mass is 250 g/mol. The van der Waals surface area contributed by atoms with Gasteiger partial charge in [0.25, 0.3) is 0 Å². The summed E-state index contributed by atoms with van der Waals surface area (Å²) in [7, 11) is 4.06. The van der Waals surface area contributed by atoms with Crippen LogP contribution in [0.15, 0.2) is 24.3 Å². The Balaban J connectivity index is 2.17. The van der Waals surface area contributed by atoms with E-state index in [-0.39, 0.29) is 5.97 Å². The van der Waals surface area contributed by atoms with Gasteiger partial charge in [-0.25, -0.2) is 0 Å². The molecule has 0 fully saturated rings. The largest absolute Gasteiger partial charge is 0.466 e. The van der Waals surface area contributed by atoms with E-state index < -0.39 is 0 Å². The SMILES string of the molecule is CC(=O)OCCCNCc1ccc(N(C)C)cc1. The van der Waals surface area contributed by atoms with E-state index in [4.69, 9.17) is 4.74 Å². The number of esters is 1. The molecule has 4 heteroatoms. The molecule has 0 unspecified atom stereocenters. The number of ether oxygens (including phenoxy) is 1. The van der Waals surface area contributed by atoms with Crippen molar-refractivity contribution in [3.05, 3.63) is 29.8 Å². The number of nitrogens with one attached hydrogen (secondary N) is 1. The van der Waals surface area contributed by atoms with E-state index in [1.807, 2.05) is 14.1 Å². The Bertz CT molecular complexity index is 361. The van der Waals surface area contributed by atoms with Crippen LogP contribution in [0.2, 0.25) is 0 Å². The second-order valence-electron chi connectivity index (χ2n) is 4.43. The van der Waals surface area contributed by atoms with Crippen LogP contribution >= 0.6 is 0 Å². The maximum atomic E-state index is 10.5. The van der Waals surface area contributed by atoms with Crippen molar-refractivity contribution in [2.24, 2.45) is 0 Å². The average Bonchev–Trinajstić information content (AvgIpc) is 2.34. The summed E-state index contributed by atoms with van der Waals surface area (Å²) in [6, 6.07) is 8.45. The minimum Gasteiger partial charge on any atom is -0.466 e. The Hall–Kier alpha value is -1.55. The second kappa shape index (κ2) is 7.71. The molecular weight excluding hydrogens is 228 g/mol. The van der Waals surface area contributed by atoms with Gasteiger partial charge in [0.05, 0.1) is 6.61 Å². The van der Waals surface area contributed by atoms with E-state index >= 15 is 0 Å². The molecule has 0 saturated carbocycles. The quantitative estimate of drug-likeness (QED) is 0.592. The topological polar surface area (TPSA) is 41.6 Å². The van der Waals surface area contributed by atoms with Crippen molar-refractivity contribution < 1.29 is 9.53 Å². The third-order valence-electron chi connectivity index (χ3n) is 2.59. The van der Waals surface area contributed by atoms with Crippen molar-refractivity contribution in [1.82, 2.24) is 5.32 Å². The lowest BCUT2D eigenvalue weighted by Gasteiger charge is -2.12. The minimum absolute atomic E-state index is 0.214. The van der Waals surface area contributed by atoms with Gasteiger partial charge in [0, 0.05) is 33.3 Å². The van der Waals surface area contributed by atoms with Crippen LogP contribution in [-0.2, 0) is 16.1 Å². The predicted molar refractivity (Wildman–Crippen MR) is 73.7 cm³/mol. The molecule has 1 N–H and O–H groups in total. The van der Waals surface area contributed by atoms with Gasteiger partial charge in [0.1, 0.15) is 0 Å². The Kier molecular flexibility index (Phi) is 6.22. The number of anilines is 1. The average molecular weight is 250 g/mol. The number of benzene rings is 1. The molecule has 0 aliphatic heterocycles. The van der Waals surface area contributed by atoms with Crippen LogP contribution < -0.4 is 10.2 Å². The highest BCUT2D eigenvalue weighted by Crippen LogP contribution is 2.11. The number of hydrogen-bond acceptors (Lipinski definition) is 4. The molecule has 100 valence electrons. The first-order valence-corrected chi connectivity index (χ1v) is 6.20. The maximum absolute atomic E-state index is 10.5. The molecule has 0 spiro atoms. The van der Waals surface area contributed by atoms with Gasteiger partial charge in [0.2, 0.25) is 0 Å². The van der Waals surface area contributed by atoms with Crippen LogP contribution in [0, 0.1) is 0 Å². The van der Waals surface area contributed by atoms with Crippen molar-refractivity contribution in [2.75, 3.05) is 32.1 Å². The lowest BCUT2D eigenvalue weighted by atomic mass is 10.2. The van der Waals surface area contributed by atoms with Gasteiger partial charge in [-0.2, -0.15) is 0 Å². The highest BCUT2D eigenvalue weighted by atomic mass is 16.5. The molecule has 0 aromatic heterocycles. The molecule has 0 atom stereocenters. The van der Waals surface area contributed by atoms with E-state index in [1.165, 1.54) is 18.2 Å². The van der Waals surface area contributed by atoms with Crippen LogP contribution in [0.1, 0.15) is 18.9 Å². The Morgan fingerprint density at radius 2 is 1.94 bits per heavy atom. The first-order valence-electron chi connectivity index (χ1n) is 6.20. The van der Waals surface area contributed by atoms with E-state index in [2.05, 4.69) is 34.5 Å². The highest BCUT2D eigenvalue weighted by Gasteiger charge is 1.96. The Morgan fingerprint density at radius 1 is 1.28 bits per heavy atom. The maximum Gasteiger partial charge on any atom is 0.302 e. The molecule has 18 heavy (non-hydrogen) atoms. The van der Waals surface area contributed by atoms with Crippen molar-refractivity contribution in [3.8, 4) is 0 Å². The fraction of sp³-hybridized carbons (Fsp3) is 0.500. The summed E-state index contributed by atoms with van der Waals surface area (Å²) in [5.74, 6) is -0.214. The number of carbonyl (C=O) groups excluding carboxylic acids is 1. The molecule has 0 aliphatic rings. The Morgan fingerprint density at radius 3 is 2.50 bits per heavy atom. The summed E-state index contributed by atoms with van der Waals surface area (Å²) >= 11 is 0. The normalized spacial score (nSPS) is 10.2. The van der Waals surface area contributed by atoms with Gasteiger partial charge in [-0.1, -0.05) is 12.1 Å². The van der Waals surface area contributed by atoms with Gasteiger partial charge in [-0.05, 0) is 30.7 Å². The molecule has 0 bridgehead atoms. The lowest BCUT2D eigenvalue weighted by molar-refractivity contribution is -0.141. The van der Waals surface area contributed by atoms with E-state index in [0.717, 1.165) is 19.5 Å². The van der Waals surface area contributed by atoms with Crippen molar-refractivity contribution in [1.29, 1.82) is 0 Å². The van der Waals surface area contributed by atoms with Gasteiger partial charge in [0.15, 0.2) is 0 Å². The third kappa shape index (κ3) is 5.68. The first kappa shape index (κ1) is 14.5. The molecule has 0 aliphatic carbocycles. The summed E-state index contributed by atoms with van der Waals surface area (Å²) < 4.78 is 4.85. The molecule has 4 nitrogen and oxygen atoms in total. The summed E-state index contributed by atoms with van der Waals surface area (Å²) in [4.78, 5) is 12.6.